The summed E-state index contributed by atoms with van der Waals surface area (Å²) in [5.74, 6) is -0.826. The molecule has 0 fully saturated rings. The van der Waals surface area contributed by atoms with E-state index < -0.39 is 11.5 Å². The molecule has 2 heterocycles. The number of ketones is 1. The standard InChI is InChI=1S/C22H17ClN2O3/c23-17-7-5-15(6-8-17)14-25-19-4-2-1-3-18(19)22(28,21(25)27)13-20(26)16-9-11-24-12-10-16/h1-12,28H,13-14H2. The highest BCUT2D eigenvalue weighted by molar-refractivity contribution is 6.30. The first-order valence-corrected chi connectivity index (χ1v) is 9.18. The highest BCUT2D eigenvalue weighted by Crippen LogP contribution is 2.43. The number of carbonyl (C=O) groups is 2. The summed E-state index contributed by atoms with van der Waals surface area (Å²) >= 11 is 5.94. The predicted molar refractivity (Wildman–Crippen MR) is 106 cm³/mol. The first kappa shape index (κ1) is 18.3. The fourth-order valence-corrected chi connectivity index (χ4v) is 3.61. The van der Waals surface area contributed by atoms with Crippen LogP contribution in [0.25, 0.3) is 0 Å². The van der Waals surface area contributed by atoms with Gasteiger partial charge in [-0.05, 0) is 35.9 Å². The maximum Gasteiger partial charge on any atom is 0.264 e. The minimum atomic E-state index is -1.90. The van der Waals surface area contributed by atoms with E-state index in [1.165, 1.54) is 17.3 Å². The van der Waals surface area contributed by atoms with Gasteiger partial charge in [-0.1, -0.05) is 41.9 Å². The van der Waals surface area contributed by atoms with Crippen molar-refractivity contribution in [2.75, 3.05) is 4.90 Å². The second-order valence-corrected chi connectivity index (χ2v) is 7.17. The number of hydrogen-bond acceptors (Lipinski definition) is 4. The van der Waals surface area contributed by atoms with Gasteiger partial charge in [-0.15, -0.1) is 0 Å². The van der Waals surface area contributed by atoms with Gasteiger partial charge in [0.25, 0.3) is 5.91 Å². The van der Waals surface area contributed by atoms with E-state index in [4.69, 9.17) is 11.6 Å². The van der Waals surface area contributed by atoms with Gasteiger partial charge in [0.1, 0.15) is 0 Å². The first-order valence-electron chi connectivity index (χ1n) is 8.80. The fourth-order valence-electron chi connectivity index (χ4n) is 3.48. The number of aliphatic hydroxyl groups is 1. The van der Waals surface area contributed by atoms with Crippen LogP contribution in [-0.2, 0) is 16.9 Å². The zero-order chi connectivity index (χ0) is 19.7. The minimum absolute atomic E-state index is 0.277. The van der Waals surface area contributed by atoms with Gasteiger partial charge < -0.3 is 10.0 Å². The Morgan fingerprint density at radius 2 is 1.71 bits per heavy atom. The molecule has 1 aliphatic rings. The van der Waals surface area contributed by atoms with E-state index in [-0.39, 0.29) is 18.7 Å². The number of halogens is 1. The molecule has 1 N–H and O–H groups in total. The molecule has 28 heavy (non-hydrogen) atoms. The van der Waals surface area contributed by atoms with Crippen molar-refractivity contribution in [2.45, 2.75) is 18.6 Å². The normalized spacial score (nSPS) is 18.2. The van der Waals surface area contributed by atoms with Crippen LogP contribution in [0.3, 0.4) is 0 Å². The maximum absolute atomic E-state index is 13.2. The van der Waals surface area contributed by atoms with Crippen LogP contribution in [0.4, 0.5) is 5.69 Å². The van der Waals surface area contributed by atoms with Crippen LogP contribution >= 0.6 is 11.6 Å². The van der Waals surface area contributed by atoms with Gasteiger partial charge in [0, 0.05) is 28.5 Å². The Hall–Kier alpha value is -3.02. The number of hydrogen-bond donors (Lipinski definition) is 1. The molecule has 1 unspecified atom stereocenters. The third kappa shape index (κ3) is 3.19. The van der Waals surface area contributed by atoms with Crippen molar-refractivity contribution in [3.8, 4) is 0 Å². The monoisotopic (exact) mass is 392 g/mol. The summed E-state index contributed by atoms with van der Waals surface area (Å²) in [6.45, 7) is 0.277. The molecule has 140 valence electrons. The second-order valence-electron chi connectivity index (χ2n) is 6.73. The fraction of sp³-hybridized carbons (Fsp3) is 0.136. The molecule has 1 aromatic heterocycles. The lowest BCUT2D eigenvalue weighted by atomic mass is 9.88. The van der Waals surface area contributed by atoms with Gasteiger partial charge >= 0.3 is 0 Å². The van der Waals surface area contributed by atoms with Crippen molar-refractivity contribution < 1.29 is 14.7 Å². The molecule has 5 nitrogen and oxygen atoms in total. The summed E-state index contributed by atoms with van der Waals surface area (Å²) in [6.07, 6.45) is 2.69. The molecule has 1 aliphatic heterocycles. The molecule has 0 aliphatic carbocycles. The third-order valence-electron chi connectivity index (χ3n) is 4.91. The lowest BCUT2D eigenvalue weighted by Crippen LogP contribution is -2.41. The van der Waals surface area contributed by atoms with E-state index >= 15 is 0 Å². The van der Waals surface area contributed by atoms with Gasteiger partial charge in [0.2, 0.25) is 0 Å². The molecule has 1 atom stereocenters. The molecule has 4 rings (SSSR count). The number of nitrogens with zero attached hydrogens (tertiary/aromatic N) is 2. The number of para-hydroxylation sites is 1. The Kier molecular flexibility index (Phi) is 4.71. The van der Waals surface area contributed by atoms with Crippen LogP contribution in [0.15, 0.2) is 73.1 Å². The summed E-state index contributed by atoms with van der Waals surface area (Å²) in [5.41, 5.74) is 0.426. The van der Waals surface area contributed by atoms with E-state index in [2.05, 4.69) is 4.98 Å². The lowest BCUT2D eigenvalue weighted by Gasteiger charge is -2.23. The van der Waals surface area contributed by atoms with Gasteiger partial charge in [-0.2, -0.15) is 0 Å². The number of pyridine rings is 1. The number of fused-ring (bicyclic) bond motifs is 1. The maximum atomic E-state index is 13.2. The molecule has 0 bridgehead atoms. The Balaban J connectivity index is 1.68. The van der Waals surface area contributed by atoms with Crippen LogP contribution in [-0.4, -0.2) is 21.8 Å². The lowest BCUT2D eigenvalue weighted by molar-refractivity contribution is -0.136. The number of rotatable bonds is 5. The molecule has 2 aromatic carbocycles. The van der Waals surface area contributed by atoms with Crippen molar-refractivity contribution in [3.05, 3.63) is 94.8 Å². The summed E-state index contributed by atoms with van der Waals surface area (Å²) in [4.78, 5) is 31.3. The highest BCUT2D eigenvalue weighted by Gasteiger charge is 2.50. The van der Waals surface area contributed by atoms with Crippen LogP contribution < -0.4 is 4.90 Å². The Bertz CT molecular complexity index is 1040. The first-order chi connectivity index (χ1) is 13.5. The third-order valence-corrected chi connectivity index (χ3v) is 5.16. The van der Waals surface area contributed by atoms with Crippen LogP contribution in [0.2, 0.25) is 5.02 Å². The summed E-state index contributed by atoms with van der Waals surface area (Å²) in [5, 5.41) is 11.9. The predicted octanol–water partition coefficient (Wildman–Crippen LogP) is 3.74. The van der Waals surface area contributed by atoms with E-state index in [0.29, 0.717) is 21.8 Å². The Morgan fingerprint density at radius 1 is 1.04 bits per heavy atom. The van der Waals surface area contributed by atoms with Crippen molar-refractivity contribution in [1.29, 1.82) is 0 Å². The molecule has 0 spiro atoms. The zero-order valence-electron chi connectivity index (χ0n) is 14.9. The van der Waals surface area contributed by atoms with E-state index in [0.717, 1.165) is 5.56 Å². The largest absolute Gasteiger partial charge is 0.375 e. The van der Waals surface area contributed by atoms with Gasteiger partial charge in [0.15, 0.2) is 11.4 Å². The Labute approximate surface area is 167 Å². The molecule has 3 aromatic rings. The molecule has 6 heteroatoms. The Morgan fingerprint density at radius 3 is 2.43 bits per heavy atom. The average Bonchev–Trinajstić information content (AvgIpc) is 2.92. The molecular weight excluding hydrogens is 376 g/mol. The quantitative estimate of drug-likeness (QED) is 0.671. The topological polar surface area (TPSA) is 70.5 Å². The smallest absolute Gasteiger partial charge is 0.264 e. The molecule has 0 radical (unpaired) electrons. The van der Waals surface area contributed by atoms with Gasteiger partial charge in [-0.25, -0.2) is 0 Å². The summed E-state index contributed by atoms with van der Waals surface area (Å²) in [7, 11) is 0. The molecule has 0 saturated carbocycles. The summed E-state index contributed by atoms with van der Waals surface area (Å²) in [6, 6.07) is 17.3. The van der Waals surface area contributed by atoms with Gasteiger partial charge in [0.05, 0.1) is 18.7 Å². The van der Waals surface area contributed by atoms with Crippen LogP contribution in [0.5, 0.6) is 0 Å². The van der Waals surface area contributed by atoms with Crippen LogP contribution in [0, 0.1) is 0 Å². The number of carbonyl (C=O) groups excluding carboxylic acids is 2. The van der Waals surface area contributed by atoms with Crippen molar-refractivity contribution in [1.82, 2.24) is 4.98 Å². The van der Waals surface area contributed by atoms with Crippen molar-refractivity contribution >= 4 is 29.0 Å². The second kappa shape index (κ2) is 7.19. The number of anilines is 1. The minimum Gasteiger partial charge on any atom is -0.375 e. The van der Waals surface area contributed by atoms with E-state index in [1.807, 2.05) is 12.1 Å². The zero-order valence-corrected chi connectivity index (χ0v) is 15.6. The molecule has 1 amide bonds. The highest BCUT2D eigenvalue weighted by atomic mass is 35.5. The SMILES string of the molecule is O=C(CC1(O)C(=O)N(Cc2ccc(Cl)cc2)c2ccccc21)c1ccncc1. The van der Waals surface area contributed by atoms with Crippen LogP contribution in [0.1, 0.15) is 27.9 Å². The number of aromatic nitrogens is 1. The van der Waals surface area contributed by atoms with Crippen molar-refractivity contribution in [3.63, 3.8) is 0 Å². The van der Waals surface area contributed by atoms with E-state index in [9.17, 15) is 14.7 Å². The van der Waals surface area contributed by atoms with E-state index in [1.54, 1.807) is 48.5 Å². The number of benzene rings is 2. The molecular formula is C22H17ClN2O3. The van der Waals surface area contributed by atoms with Crippen molar-refractivity contribution in [2.24, 2.45) is 0 Å². The summed E-state index contributed by atoms with van der Waals surface area (Å²) < 4.78 is 0. The molecule has 0 saturated heterocycles. The number of Topliss-reactive ketones (excluding diaryl/α,β-unsaturated/α-hetero) is 1. The number of amides is 1. The average molecular weight is 393 g/mol. The van der Waals surface area contributed by atoms with Gasteiger partial charge in [-0.3, -0.25) is 14.6 Å².